The van der Waals surface area contributed by atoms with Crippen LogP contribution >= 0.6 is 15.9 Å². The van der Waals surface area contributed by atoms with Gasteiger partial charge in [-0.25, -0.2) is 4.79 Å². The molecule has 0 saturated carbocycles. The standard InChI is InChI=1S/C16H17BrN2O2/c1-2-19(10-11-3-6-13(17)7-4-11)15-8-5-12(16(20)21)9-14(15)18/h3-9H,2,10,18H2,1H3,(H,20,21). The van der Waals surface area contributed by atoms with Crippen LogP contribution in [0.4, 0.5) is 11.4 Å². The monoisotopic (exact) mass is 348 g/mol. The van der Waals surface area contributed by atoms with E-state index in [1.165, 1.54) is 11.6 Å². The Labute approximate surface area is 132 Å². The predicted octanol–water partition coefficient (Wildman–Crippen LogP) is 3.76. The summed E-state index contributed by atoms with van der Waals surface area (Å²) in [4.78, 5) is 13.1. The van der Waals surface area contributed by atoms with Crippen molar-refractivity contribution < 1.29 is 9.90 Å². The van der Waals surface area contributed by atoms with Gasteiger partial charge in [0.25, 0.3) is 0 Å². The van der Waals surface area contributed by atoms with Gasteiger partial charge < -0.3 is 15.7 Å². The third-order valence-corrected chi connectivity index (χ3v) is 3.81. The Kier molecular flexibility index (Phi) is 4.85. The van der Waals surface area contributed by atoms with E-state index in [1.807, 2.05) is 19.1 Å². The molecule has 0 spiro atoms. The van der Waals surface area contributed by atoms with Gasteiger partial charge in [0, 0.05) is 17.6 Å². The van der Waals surface area contributed by atoms with Gasteiger partial charge in [-0.05, 0) is 42.8 Å². The highest BCUT2D eigenvalue weighted by Gasteiger charge is 2.11. The fourth-order valence-corrected chi connectivity index (χ4v) is 2.42. The maximum atomic E-state index is 11.0. The summed E-state index contributed by atoms with van der Waals surface area (Å²) in [5.74, 6) is -0.968. The summed E-state index contributed by atoms with van der Waals surface area (Å²) in [5.41, 5.74) is 8.71. The second-order valence-corrected chi connectivity index (χ2v) is 5.64. The lowest BCUT2D eigenvalue weighted by Gasteiger charge is -2.25. The molecule has 21 heavy (non-hydrogen) atoms. The molecule has 0 atom stereocenters. The summed E-state index contributed by atoms with van der Waals surface area (Å²) < 4.78 is 1.04. The van der Waals surface area contributed by atoms with Crippen LogP contribution in [0.15, 0.2) is 46.9 Å². The Morgan fingerprint density at radius 2 is 1.90 bits per heavy atom. The van der Waals surface area contributed by atoms with Crippen LogP contribution in [0.1, 0.15) is 22.8 Å². The van der Waals surface area contributed by atoms with Crippen molar-refractivity contribution in [3.63, 3.8) is 0 Å². The van der Waals surface area contributed by atoms with Gasteiger partial charge in [-0.1, -0.05) is 28.1 Å². The van der Waals surface area contributed by atoms with Crippen LogP contribution in [0, 0.1) is 0 Å². The van der Waals surface area contributed by atoms with E-state index < -0.39 is 5.97 Å². The molecule has 110 valence electrons. The average molecular weight is 349 g/mol. The number of rotatable bonds is 5. The second kappa shape index (κ2) is 6.63. The molecule has 4 nitrogen and oxygen atoms in total. The van der Waals surface area contributed by atoms with E-state index in [1.54, 1.807) is 12.1 Å². The smallest absolute Gasteiger partial charge is 0.335 e. The average Bonchev–Trinajstić information content (AvgIpc) is 2.47. The molecule has 5 heteroatoms. The van der Waals surface area contributed by atoms with Crippen molar-refractivity contribution in [2.75, 3.05) is 17.2 Å². The van der Waals surface area contributed by atoms with Gasteiger partial charge in [0.15, 0.2) is 0 Å². The number of hydrogen-bond acceptors (Lipinski definition) is 3. The minimum atomic E-state index is -0.968. The van der Waals surface area contributed by atoms with E-state index in [-0.39, 0.29) is 5.56 Å². The van der Waals surface area contributed by atoms with Gasteiger partial charge in [-0.2, -0.15) is 0 Å². The van der Waals surface area contributed by atoms with Crippen LogP contribution in [-0.2, 0) is 6.54 Å². The summed E-state index contributed by atoms with van der Waals surface area (Å²) in [6.45, 7) is 3.55. The van der Waals surface area contributed by atoms with Gasteiger partial charge in [0.1, 0.15) is 0 Å². The fourth-order valence-electron chi connectivity index (χ4n) is 2.15. The van der Waals surface area contributed by atoms with Gasteiger partial charge in [-0.3, -0.25) is 0 Å². The lowest BCUT2D eigenvalue weighted by molar-refractivity contribution is 0.0697. The van der Waals surface area contributed by atoms with Crippen LogP contribution in [-0.4, -0.2) is 17.6 Å². The maximum absolute atomic E-state index is 11.0. The zero-order chi connectivity index (χ0) is 15.4. The number of carboxylic acids is 1. The minimum absolute atomic E-state index is 0.205. The van der Waals surface area contributed by atoms with E-state index >= 15 is 0 Å². The molecule has 0 aliphatic heterocycles. The number of nitrogen functional groups attached to an aromatic ring is 1. The summed E-state index contributed by atoms with van der Waals surface area (Å²) in [5, 5.41) is 8.98. The number of carboxylic acid groups (broad SMARTS) is 1. The number of carbonyl (C=O) groups is 1. The van der Waals surface area contributed by atoms with Gasteiger partial charge in [-0.15, -0.1) is 0 Å². The molecule has 0 unspecified atom stereocenters. The van der Waals surface area contributed by atoms with Crippen molar-refractivity contribution in [3.8, 4) is 0 Å². The van der Waals surface area contributed by atoms with Crippen molar-refractivity contribution in [2.45, 2.75) is 13.5 Å². The molecule has 2 rings (SSSR count). The largest absolute Gasteiger partial charge is 0.478 e. The quantitative estimate of drug-likeness (QED) is 0.807. The van der Waals surface area contributed by atoms with Crippen molar-refractivity contribution in [2.24, 2.45) is 0 Å². The molecule has 2 aromatic rings. The number of halogens is 1. The van der Waals surface area contributed by atoms with Crippen LogP contribution in [0.3, 0.4) is 0 Å². The highest BCUT2D eigenvalue weighted by molar-refractivity contribution is 9.10. The molecule has 0 aromatic heterocycles. The van der Waals surface area contributed by atoms with E-state index in [0.717, 1.165) is 23.2 Å². The number of nitrogens with two attached hydrogens (primary N) is 1. The topological polar surface area (TPSA) is 66.6 Å². The van der Waals surface area contributed by atoms with Crippen LogP contribution < -0.4 is 10.6 Å². The third kappa shape index (κ3) is 3.76. The highest BCUT2D eigenvalue weighted by Crippen LogP contribution is 2.26. The molecule has 3 N–H and O–H groups in total. The highest BCUT2D eigenvalue weighted by atomic mass is 79.9. The first-order valence-electron chi connectivity index (χ1n) is 6.63. The molecule has 0 aliphatic carbocycles. The SMILES string of the molecule is CCN(Cc1ccc(Br)cc1)c1ccc(C(=O)O)cc1N. The van der Waals surface area contributed by atoms with E-state index in [4.69, 9.17) is 10.8 Å². The maximum Gasteiger partial charge on any atom is 0.335 e. The van der Waals surface area contributed by atoms with Crippen LogP contribution in [0.2, 0.25) is 0 Å². The predicted molar refractivity (Wildman–Crippen MR) is 88.7 cm³/mol. The Bertz CT molecular complexity index is 641. The zero-order valence-electron chi connectivity index (χ0n) is 11.7. The van der Waals surface area contributed by atoms with E-state index in [0.29, 0.717) is 5.69 Å². The molecule has 0 bridgehead atoms. The molecule has 0 heterocycles. The Morgan fingerprint density at radius 1 is 1.24 bits per heavy atom. The lowest BCUT2D eigenvalue weighted by atomic mass is 10.1. The summed E-state index contributed by atoms with van der Waals surface area (Å²) in [7, 11) is 0. The number of hydrogen-bond donors (Lipinski definition) is 2. The number of nitrogens with zero attached hydrogens (tertiary/aromatic N) is 1. The Morgan fingerprint density at radius 3 is 2.43 bits per heavy atom. The van der Waals surface area contributed by atoms with Crippen molar-refractivity contribution in [1.29, 1.82) is 0 Å². The number of benzene rings is 2. The van der Waals surface area contributed by atoms with Crippen LogP contribution in [0.5, 0.6) is 0 Å². The van der Waals surface area contributed by atoms with Crippen molar-refractivity contribution in [1.82, 2.24) is 0 Å². The Balaban J connectivity index is 2.25. The first-order valence-corrected chi connectivity index (χ1v) is 7.42. The lowest BCUT2D eigenvalue weighted by Crippen LogP contribution is -2.23. The number of aromatic carboxylic acids is 1. The molecule has 0 saturated heterocycles. The molecular formula is C16H17BrN2O2. The molecule has 0 fully saturated rings. The molecule has 0 radical (unpaired) electrons. The van der Waals surface area contributed by atoms with Gasteiger partial charge in [0.05, 0.1) is 16.9 Å². The van der Waals surface area contributed by atoms with E-state index in [9.17, 15) is 4.79 Å². The molecular weight excluding hydrogens is 332 g/mol. The molecule has 2 aromatic carbocycles. The van der Waals surface area contributed by atoms with Gasteiger partial charge >= 0.3 is 5.97 Å². The number of anilines is 2. The van der Waals surface area contributed by atoms with Gasteiger partial charge in [0.2, 0.25) is 0 Å². The van der Waals surface area contributed by atoms with Crippen LogP contribution in [0.25, 0.3) is 0 Å². The first-order chi connectivity index (χ1) is 10.0. The zero-order valence-corrected chi connectivity index (χ0v) is 13.3. The second-order valence-electron chi connectivity index (χ2n) is 4.72. The fraction of sp³-hybridized carbons (Fsp3) is 0.188. The molecule has 0 aliphatic rings. The van der Waals surface area contributed by atoms with Crippen molar-refractivity contribution in [3.05, 3.63) is 58.1 Å². The summed E-state index contributed by atoms with van der Waals surface area (Å²) in [6, 6.07) is 12.9. The van der Waals surface area contributed by atoms with E-state index in [2.05, 4.69) is 33.0 Å². The normalized spacial score (nSPS) is 10.4. The minimum Gasteiger partial charge on any atom is -0.478 e. The Hall–Kier alpha value is -2.01. The molecule has 0 amide bonds. The van der Waals surface area contributed by atoms with Crippen molar-refractivity contribution >= 4 is 33.3 Å². The summed E-state index contributed by atoms with van der Waals surface area (Å²) in [6.07, 6.45) is 0. The summed E-state index contributed by atoms with van der Waals surface area (Å²) >= 11 is 3.42. The third-order valence-electron chi connectivity index (χ3n) is 3.28. The first kappa shape index (κ1) is 15.4.